The van der Waals surface area contributed by atoms with Crippen molar-refractivity contribution in [3.63, 3.8) is 0 Å². The van der Waals surface area contributed by atoms with Gasteiger partial charge in [-0.2, -0.15) is 0 Å². The second kappa shape index (κ2) is 6.56. The van der Waals surface area contributed by atoms with Crippen molar-refractivity contribution >= 4 is 11.9 Å². The van der Waals surface area contributed by atoms with Crippen molar-refractivity contribution in [2.24, 2.45) is 0 Å². The molecule has 6 heteroatoms. The zero-order valence-electron chi connectivity index (χ0n) is 12.3. The number of urea groups is 1. The molecular weight excluding hydrogens is 273 g/mol. The summed E-state index contributed by atoms with van der Waals surface area (Å²) in [5, 5.41) is 2.89. The number of benzene rings is 1. The van der Waals surface area contributed by atoms with E-state index in [1.807, 2.05) is 0 Å². The second-order valence-electron chi connectivity index (χ2n) is 5.42. The lowest BCUT2D eigenvalue weighted by atomic mass is 10.0. The highest BCUT2D eigenvalue weighted by molar-refractivity contribution is 5.94. The fourth-order valence-corrected chi connectivity index (χ4v) is 2.40. The first-order valence-electron chi connectivity index (χ1n) is 7.00. The van der Waals surface area contributed by atoms with Crippen LogP contribution in [0.15, 0.2) is 24.3 Å². The summed E-state index contributed by atoms with van der Waals surface area (Å²) < 4.78 is 13.1. The van der Waals surface area contributed by atoms with Gasteiger partial charge in [0.05, 0.1) is 0 Å². The van der Waals surface area contributed by atoms with Crippen molar-refractivity contribution in [3.8, 4) is 0 Å². The number of amides is 3. The molecule has 21 heavy (non-hydrogen) atoms. The fraction of sp³-hybridized carbons (Fsp3) is 0.467. The molecule has 0 atom stereocenters. The SMILES string of the molecule is CN(C)C(=O)N1CCC(NC(=O)c2cccc(F)c2)CC1. The van der Waals surface area contributed by atoms with Gasteiger partial charge in [0.1, 0.15) is 5.82 Å². The molecular formula is C15H20FN3O2. The number of nitrogens with zero attached hydrogens (tertiary/aromatic N) is 2. The quantitative estimate of drug-likeness (QED) is 0.902. The molecule has 0 spiro atoms. The number of halogens is 1. The summed E-state index contributed by atoms with van der Waals surface area (Å²) in [5.74, 6) is -0.694. The minimum Gasteiger partial charge on any atom is -0.349 e. The van der Waals surface area contributed by atoms with Crippen LogP contribution in [0.2, 0.25) is 0 Å². The maximum absolute atomic E-state index is 13.1. The largest absolute Gasteiger partial charge is 0.349 e. The van der Waals surface area contributed by atoms with Crippen LogP contribution in [0.1, 0.15) is 23.2 Å². The molecule has 0 unspecified atom stereocenters. The number of nitrogens with one attached hydrogen (secondary N) is 1. The van der Waals surface area contributed by atoms with Gasteiger partial charge in [0, 0.05) is 38.8 Å². The minimum atomic E-state index is -0.422. The Labute approximate surface area is 123 Å². The predicted molar refractivity (Wildman–Crippen MR) is 77.5 cm³/mol. The van der Waals surface area contributed by atoms with Crippen LogP contribution in [0, 0.1) is 5.82 Å². The summed E-state index contributed by atoms with van der Waals surface area (Å²) in [6.45, 7) is 1.23. The monoisotopic (exact) mass is 293 g/mol. The lowest BCUT2D eigenvalue weighted by Crippen LogP contribution is -2.49. The van der Waals surface area contributed by atoms with Crippen molar-refractivity contribution in [1.29, 1.82) is 0 Å². The normalized spacial score (nSPS) is 15.7. The van der Waals surface area contributed by atoms with E-state index in [2.05, 4.69) is 5.32 Å². The third-order valence-electron chi connectivity index (χ3n) is 3.57. The number of piperidine rings is 1. The summed E-state index contributed by atoms with van der Waals surface area (Å²) in [6, 6.07) is 5.64. The van der Waals surface area contributed by atoms with E-state index in [-0.39, 0.29) is 18.0 Å². The van der Waals surface area contributed by atoms with Gasteiger partial charge in [-0.05, 0) is 31.0 Å². The summed E-state index contributed by atoms with van der Waals surface area (Å²) in [4.78, 5) is 27.1. The Morgan fingerprint density at radius 3 is 2.52 bits per heavy atom. The maximum Gasteiger partial charge on any atom is 0.319 e. The van der Waals surface area contributed by atoms with Crippen LogP contribution in [0.3, 0.4) is 0 Å². The van der Waals surface area contributed by atoms with E-state index in [4.69, 9.17) is 0 Å². The number of likely N-dealkylation sites (tertiary alicyclic amines) is 1. The van der Waals surface area contributed by atoms with E-state index in [0.29, 0.717) is 31.5 Å². The van der Waals surface area contributed by atoms with Crippen LogP contribution in [0.25, 0.3) is 0 Å². The molecule has 0 radical (unpaired) electrons. The van der Waals surface area contributed by atoms with Crippen molar-refractivity contribution < 1.29 is 14.0 Å². The topological polar surface area (TPSA) is 52.7 Å². The highest BCUT2D eigenvalue weighted by atomic mass is 19.1. The molecule has 1 aromatic rings. The van der Waals surface area contributed by atoms with Gasteiger partial charge in [-0.3, -0.25) is 4.79 Å². The van der Waals surface area contributed by atoms with Gasteiger partial charge in [0.25, 0.3) is 5.91 Å². The van der Waals surface area contributed by atoms with E-state index in [1.165, 1.54) is 18.2 Å². The summed E-state index contributed by atoms with van der Waals surface area (Å²) in [7, 11) is 3.44. The number of carbonyl (C=O) groups is 2. The average molecular weight is 293 g/mol. The molecule has 0 bridgehead atoms. The molecule has 1 saturated heterocycles. The van der Waals surface area contributed by atoms with Gasteiger partial charge in [-0.15, -0.1) is 0 Å². The van der Waals surface area contributed by atoms with Crippen molar-refractivity contribution in [2.75, 3.05) is 27.2 Å². The molecule has 5 nitrogen and oxygen atoms in total. The Bertz CT molecular complexity index is 525. The van der Waals surface area contributed by atoms with Crippen LogP contribution in [-0.4, -0.2) is 55.0 Å². The molecule has 1 aliphatic rings. The van der Waals surface area contributed by atoms with Crippen LogP contribution >= 0.6 is 0 Å². The molecule has 1 aromatic carbocycles. The van der Waals surface area contributed by atoms with E-state index in [9.17, 15) is 14.0 Å². The van der Waals surface area contributed by atoms with E-state index < -0.39 is 5.82 Å². The number of hydrogen-bond acceptors (Lipinski definition) is 2. The molecule has 1 heterocycles. The Balaban J connectivity index is 1.86. The summed E-state index contributed by atoms with van der Waals surface area (Å²) in [5.41, 5.74) is 0.321. The van der Waals surface area contributed by atoms with Crippen molar-refractivity contribution in [1.82, 2.24) is 15.1 Å². The van der Waals surface area contributed by atoms with Crippen molar-refractivity contribution in [2.45, 2.75) is 18.9 Å². The van der Waals surface area contributed by atoms with Gasteiger partial charge in [0.15, 0.2) is 0 Å². The molecule has 114 valence electrons. The zero-order valence-corrected chi connectivity index (χ0v) is 12.3. The second-order valence-corrected chi connectivity index (χ2v) is 5.42. The Morgan fingerprint density at radius 1 is 1.29 bits per heavy atom. The lowest BCUT2D eigenvalue weighted by molar-refractivity contribution is 0.0913. The zero-order chi connectivity index (χ0) is 15.4. The van der Waals surface area contributed by atoms with E-state index in [0.717, 1.165) is 0 Å². The standard InChI is InChI=1S/C15H20FN3O2/c1-18(2)15(21)19-8-6-13(7-9-19)17-14(20)11-4-3-5-12(16)10-11/h3-5,10,13H,6-9H2,1-2H3,(H,17,20). The van der Waals surface area contributed by atoms with Crippen LogP contribution in [0.5, 0.6) is 0 Å². The smallest absolute Gasteiger partial charge is 0.319 e. The molecule has 0 aromatic heterocycles. The number of carbonyl (C=O) groups excluding carboxylic acids is 2. The van der Waals surface area contributed by atoms with Crippen LogP contribution in [-0.2, 0) is 0 Å². The van der Waals surface area contributed by atoms with Gasteiger partial charge < -0.3 is 15.1 Å². The fourth-order valence-electron chi connectivity index (χ4n) is 2.40. The Kier molecular flexibility index (Phi) is 4.77. The van der Waals surface area contributed by atoms with Crippen LogP contribution in [0.4, 0.5) is 9.18 Å². The third kappa shape index (κ3) is 3.93. The summed E-state index contributed by atoms with van der Waals surface area (Å²) >= 11 is 0. The number of hydrogen-bond donors (Lipinski definition) is 1. The highest BCUT2D eigenvalue weighted by Crippen LogP contribution is 2.13. The van der Waals surface area contributed by atoms with E-state index in [1.54, 1.807) is 30.0 Å². The molecule has 0 saturated carbocycles. The maximum atomic E-state index is 13.1. The van der Waals surface area contributed by atoms with Gasteiger partial charge in [-0.1, -0.05) is 6.07 Å². The lowest BCUT2D eigenvalue weighted by Gasteiger charge is -2.33. The van der Waals surface area contributed by atoms with Crippen LogP contribution < -0.4 is 5.32 Å². The first-order valence-corrected chi connectivity index (χ1v) is 7.00. The molecule has 2 rings (SSSR count). The van der Waals surface area contributed by atoms with E-state index >= 15 is 0 Å². The molecule has 1 aliphatic heterocycles. The third-order valence-corrected chi connectivity index (χ3v) is 3.57. The first kappa shape index (κ1) is 15.3. The molecule has 0 aliphatic carbocycles. The minimum absolute atomic E-state index is 0.00935. The average Bonchev–Trinajstić information content (AvgIpc) is 2.47. The van der Waals surface area contributed by atoms with Gasteiger partial charge in [-0.25, -0.2) is 9.18 Å². The summed E-state index contributed by atoms with van der Waals surface area (Å²) in [6.07, 6.45) is 1.42. The Morgan fingerprint density at radius 2 is 1.95 bits per heavy atom. The molecule has 1 N–H and O–H groups in total. The molecule has 3 amide bonds. The van der Waals surface area contributed by atoms with Gasteiger partial charge in [0.2, 0.25) is 0 Å². The number of rotatable bonds is 2. The molecule has 1 fully saturated rings. The first-order chi connectivity index (χ1) is 9.97. The van der Waals surface area contributed by atoms with Crippen molar-refractivity contribution in [3.05, 3.63) is 35.6 Å². The van der Waals surface area contributed by atoms with Gasteiger partial charge >= 0.3 is 6.03 Å². The highest BCUT2D eigenvalue weighted by Gasteiger charge is 2.24. The Hall–Kier alpha value is -2.11. The predicted octanol–water partition coefficient (Wildman–Crippen LogP) is 1.70.